The van der Waals surface area contributed by atoms with Crippen molar-refractivity contribution in [2.75, 3.05) is 30.2 Å². The van der Waals surface area contributed by atoms with Crippen molar-refractivity contribution in [3.63, 3.8) is 0 Å². The number of nitrogens with one attached hydrogen (secondary N) is 1. The molecule has 2 aromatic carbocycles. The zero-order chi connectivity index (χ0) is 23.9. The Hall–Kier alpha value is -2.29. The van der Waals surface area contributed by atoms with E-state index in [1.807, 2.05) is 30.3 Å². The van der Waals surface area contributed by atoms with Crippen LogP contribution < -0.4 is 9.62 Å². The van der Waals surface area contributed by atoms with E-state index in [1.54, 1.807) is 13.8 Å². The first-order valence-electron chi connectivity index (χ1n) is 10.1. The summed E-state index contributed by atoms with van der Waals surface area (Å²) in [6.07, 6.45) is 1.52. The van der Waals surface area contributed by atoms with Crippen molar-refractivity contribution in [2.24, 2.45) is 0 Å². The number of carbonyl (C=O) groups is 2. The third-order valence-electron chi connectivity index (χ3n) is 4.87. The lowest BCUT2D eigenvalue weighted by atomic mass is 10.1. The molecule has 10 heteroatoms. The number of likely N-dealkylation sites (N-methyl/N-ethyl adjacent to an activating group) is 1. The normalized spacial score (nSPS) is 12.2. The van der Waals surface area contributed by atoms with Gasteiger partial charge in [-0.2, -0.15) is 0 Å². The summed E-state index contributed by atoms with van der Waals surface area (Å²) in [7, 11) is -3.82. The van der Waals surface area contributed by atoms with Crippen LogP contribution in [-0.4, -0.2) is 57.1 Å². The molecule has 0 radical (unpaired) electrons. The van der Waals surface area contributed by atoms with Crippen LogP contribution in [-0.2, 0) is 26.0 Å². The third kappa shape index (κ3) is 7.12. The number of halogens is 2. The van der Waals surface area contributed by atoms with E-state index in [4.69, 9.17) is 23.2 Å². The highest BCUT2D eigenvalue weighted by Crippen LogP contribution is 2.28. The molecule has 0 aromatic heterocycles. The maximum absolute atomic E-state index is 13.3. The fourth-order valence-corrected chi connectivity index (χ4v) is 4.28. The molecule has 2 aromatic rings. The van der Waals surface area contributed by atoms with Crippen molar-refractivity contribution in [1.29, 1.82) is 0 Å². The Balaban J connectivity index is 2.31. The zero-order valence-corrected chi connectivity index (χ0v) is 20.5. The Kier molecular flexibility index (Phi) is 9.36. The number of carbonyl (C=O) groups excluding carboxylic acids is 2. The summed E-state index contributed by atoms with van der Waals surface area (Å²) in [4.78, 5) is 27.1. The minimum Gasteiger partial charge on any atom is -0.355 e. The summed E-state index contributed by atoms with van der Waals surface area (Å²) < 4.78 is 25.9. The van der Waals surface area contributed by atoms with Gasteiger partial charge in [0.1, 0.15) is 12.6 Å². The highest BCUT2D eigenvalue weighted by Gasteiger charge is 2.29. The molecule has 32 heavy (non-hydrogen) atoms. The Morgan fingerprint density at radius 2 is 1.72 bits per heavy atom. The van der Waals surface area contributed by atoms with Gasteiger partial charge in [0.05, 0.1) is 22.0 Å². The Morgan fingerprint density at radius 3 is 2.28 bits per heavy atom. The topological polar surface area (TPSA) is 86.8 Å². The summed E-state index contributed by atoms with van der Waals surface area (Å²) in [6, 6.07) is 13.1. The van der Waals surface area contributed by atoms with Crippen molar-refractivity contribution in [3.05, 3.63) is 64.1 Å². The highest BCUT2D eigenvalue weighted by molar-refractivity contribution is 7.92. The molecule has 1 N–H and O–H groups in total. The van der Waals surface area contributed by atoms with Crippen LogP contribution in [0.4, 0.5) is 5.69 Å². The van der Waals surface area contributed by atoms with Crippen molar-refractivity contribution >= 4 is 50.7 Å². The lowest BCUT2D eigenvalue weighted by Crippen LogP contribution is -2.52. The molecule has 2 rings (SSSR count). The van der Waals surface area contributed by atoms with Gasteiger partial charge in [0.25, 0.3) is 0 Å². The molecule has 0 fully saturated rings. The molecule has 0 heterocycles. The van der Waals surface area contributed by atoms with Gasteiger partial charge >= 0.3 is 0 Å². The standard InChI is InChI=1S/C22H27Cl2N3O4S/c1-4-25-22(29)16(2)26(13-12-17-8-6-5-7-9-17)21(28)15-27(32(3,30)31)18-10-11-19(23)20(24)14-18/h5-11,14,16H,4,12-13,15H2,1-3H3,(H,25,29)/t16-/m0/s1. The van der Waals surface area contributed by atoms with E-state index in [0.29, 0.717) is 13.0 Å². The van der Waals surface area contributed by atoms with Gasteiger partial charge in [-0.25, -0.2) is 8.42 Å². The fourth-order valence-electron chi connectivity index (χ4n) is 3.15. The molecule has 0 aliphatic rings. The largest absolute Gasteiger partial charge is 0.355 e. The highest BCUT2D eigenvalue weighted by atomic mass is 35.5. The van der Waals surface area contributed by atoms with E-state index < -0.39 is 28.5 Å². The van der Waals surface area contributed by atoms with Crippen molar-refractivity contribution in [1.82, 2.24) is 10.2 Å². The summed E-state index contributed by atoms with van der Waals surface area (Å²) in [5.41, 5.74) is 1.21. The average molecular weight is 500 g/mol. The molecular formula is C22H27Cl2N3O4S. The third-order valence-corrected chi connectivity index (χ3v) is 6.75. The van der Waals surface area contributed by atoms with Crippen LogP contribution in [0.1, 0.15) is 19.4 Å². The number of amides is 2. The van der Waals surface area contributed by atoms with Gasteiger partial charge in [-0.15, -0.1) is 0 Å². The summed E-state index contributed by atoms with van der Waals surface area (Å²) >= 11 is 12.0. The molecule has 0 saturated carbocycles. The lowest BCUT2D eigenvalue weighted by Gasteiger charge is -2.31. The number of rotatable bonds is 10. The van der Waals surface area contributed by atoms with Crippen molar-refractivity contribution in [3.8, 4) is 0 Å². The molecule has 2 amide bonds. The predicted molar refractivity (Wildman–Crippen MR) is 129 cm³/mol. The van der Waals surface area contributed by atoms with Gasteiger partial charge in [-0.3, -0.25) is 13.9 Å². The van der Waals surface area contributed by atoms with Crippen LogP contribution in [0.15, 0.2) is 48.5 Å². The minimum atomic E-state index is -3.82. The van der Waals surface area contributed by atoms with Gasteiger partial charge in [0.15, 0.2) is 0 Å². The Labute approximate surface area is 199 Å². The summed E-state index contributed by atoms with van der Waals surface area (Å²) in [6.45, 7) is 3.60. The van der Waals surface area contributed by atoms with Gasteiger partial charge in [-0.1, -0.05) is 53.5 Å². The number of anilines is 1. The molecule has 1 atom stereocenters. The summed E-state index contributed by atoms with van der Waals surface area (Å²) in [5.74, 6) is -0.814. The molecule has 0 unspecified atom stereocenters. The molecule has 0 bridgehead atoms. The quantitative estimate of drug-likeness (QED) is 0.542. The first-order chi connectivity index (χ1) is 15.0. The van der Waals surface area contributed by atoms with E-state index in [2.05, 4.69) is 5.32 Å². The van der Waals surface area contributed by atoms with Crippen LogP contribution in [0, 0.1) is 0 Å². The number of hydrogen-bond donors (Lipinski definition) is 1. The summed E-state index contributed by atoms with van der Waals surface area (Å²) in [5, 5.41) is 3.15. The number of sulfonamides is 1. The molecule has 7 nitrogen and oxygen atoms in total. The lowest BCUT2D eigenvalue weighted by molar-refractivity contribution is -0.138. The molecule has 174 valence electrons. The van der Waals surface area contributed by atoms with Crippen LogP contribution in [0.5, 0.6) is 0 Å². The van der Waals surface area contributed by atoms with Crippen molar-refractivity contribution in [2.45, 2.75) is 26.3 Å². The average Bonchev–Trinajstić information content (AvgIpc) is 2.74. The van der Waals surface area contributed by atoms with Gasteiger partial charge < -0.3 is 10.2 Å². The van der Waals surface area contributed by atoms with Crippen molar-refractivity contribution < 1.29 is 18.0 Å². The zero-order valence-electron chi connectivity index (χ0n) is 18.2. The van der Waals surface area contributed by atoms with Crippen LogP contribution >= 0.6 is 23.2 Å². The van der Waals surface area contributed by atoms with Crippen LogP contribution in [0.25, 0.3) is 0 Å². The predicted octanol–water partition coefficient (Wildman–Crippen LogP) is 3.36. The van der Waals surface area contributed by atoms with E-state index in [-0.39, 0.29) is 28.2 Å². The first kappa shape index (κ1) is 26.0. The van der Waals surface area contributed by atoms with Crippen LogP contribution in [0.2, 0.25) is 10.0 Å². The number of hydrogen-bond acceptors (Lipinski definition) is 4. The van der Waals surface area contributed by atoms with E-state index in [1.165, 1.54) is 23.1 Å². The molecule has 0 saturated heterocycles. The second-order valence-corrected chi connectivity index (χ2v) is 9.98. The van der Waals surface area contributed by atoms with E-state index in [0.717, 1.165) is 16.1 Å². The second-order valence-electron chi connectivity index (χ2n) is 7.26. The maximum atomic E-state index is 13.3. The van der Waals surface area contributed by atoms with E-state index >= 15 is 0 Å². The van der Waals surface area contributed by atoms with Gasteiger partial charge in [0, 0.05) is 13.1 Å². The first-order valence-corrected chi connectivity index (χ1v) is 12.7. The Bertz CT molecular complexity index is 1050. The number of nitrogens with zero attached hydrogens (tertiary/aromatic N) is 2. The van der Waals surface area contributed by atoms with E-state index in [9.17, 15) is 18.0 Å². The van der Waals surface area contributed by atoms with Gasteiger partial charge in [0.2, 0.25) is 21.8 Å². The maximum Gasteiger partial charge on any atom is 0.244 e. The minimum absolute atomic E-state index is 0.168. The smallest absolute Gasteiger partial charge is 0.244 e. The van der Waals surface area contributed by atoms with Crippen LogP contribution in [0.3, 0.4) is 0 Å². The second kappa shape index (κ2) is 11.5. The fraction of sp³-hybridized carbons (Fsp3) is 0.364. The molecule has 0 spiro atoms. The van der Waals surface area contributed by atoms with Gasteiger partial charge in [-0.05, 0) is 44.0 Å². The number of benzene rings is 2. The SMILES string of the molecule is CCNC(=O)[C@H](C)N(CCc1ccccc1)C(=O)CN(c1ccc(Cl)c(Cl)c1)S(C)(=O)=O. The monoisotopic (exact) mass is 499 g/mol. The Morgan fingerprint density at radius 1 is 1.06 bits per heavy atom. The molecular weight excluding hydrogens is 473 g/mol. The molecule has 0 aliphatic carbocycles. The molecule has 0 aliphatic heterocycles.